The standard InChI is InChI=1S/C26H31ClN4O4/c1-4-34-24-21(27)16-20(17-22(24)33-3)26(32)31-14-12-30(13-15-31)11-5-6-23-28-25(29-35-23)19-9-7-18(2)8-10-19/h7-10,16-17H,4-6,11-15H2,1-3H3. The summed E-state index contributed by atoms with van der Waals surface area (Å²) in [4.78, 5) is 21.8. The number of rotatable bonds is 9. The van der Waals surface area contributed by atoms with Gasteiger partial charge in [-0.1, -0.05) is 46.6 Å². The Kier molecular flexibility index (Phi) is 8.25. The molecule has 9 heteroatoms. The molecule has 2 aromatic carbocycles. The average molecular weight is 499 g/mol. The molecular formula is C26H31ClN4O4. The van der Waals surface area contributed by atoms with Crippen LogP contribution in [0.5, 0.6) is 11.5 Å². The summed E-state index contributed by atoms with van der Waals surface area (Å²) >= 11 is 6.35. The van der Waals surface area contributed by atoms with E-state index in [9.17, 15) is 4.79 Å². The Balaban J connectivity index is 1.25. The minimum absolute atomic E-state index is 0.0533. The van der Waals surface area contributed by atoms with Crippen LogP contribution < -0.4 is 9.47 Å². The highest BCUT2D eigenvalue weighted by atomic mass is 35.5. The topological polar surface area (TPSA) is 80.9 Å². The van der Waals surface area contributed by atoms with Crippen molar-refractivity contribution >= 4 is 17.5 Å². The van der Waals surface area contributed by atoms with Crippen LogP contribution in [-0.2, 0) is 6.42 Å². The molecule has 1 aliphatic rings. The molecule has 0 unspecified atom stereocenters. The summed E-state index contributed by atoms with van der Waals surface area (Å²) in [7, 11) is 1.54. The van der Waals surface area contributed by atoms with Gasteiger partial charge in [0.15, 0.2) is 11.5 Å². The number of hydrogen-bond donors (Lipinski definition) is 0. The molecule has 1 fully saturated rings. The lowest BCUT2D eigenvalue weighted by atomic mass is 10.1. The van der Waals surface area contributed by atoms with E-state index in [1.54, 1.807) is 19.2 Å². The number of halogens is 1. The van der Waals surface area contributed by atoms with Gasteiger partial charge in [0.25, 0.3) is 5.91 Å². The molecule has 0 saturated carbocycles. The van der Waals surface area contributed by atoms with Gasteiger partial charge in [-0.2, -0.15) is 4.98 Å². The van der Waals surface area contributed by atoms with Crippen molar-refractivity contribution in [1.82, 2.24) is 19.9 Å². The zero-order chi connectivity index (χ0) is 24.8. The second kappa shape index (κ2) is 11.6. The van der Waals surface area contributed by atoms with Crippen LogP contribution in [0.2, 0.25) is 5.02 Å². The molecule has 0 radical (unpaired) electrons. The van der Waals surface area contributed by atoms with Gasteiger partial charge in [0.05, 0.1) is 18.7 Å². The third kappa shape index (κ3) is 6.13. The lowest BCUT2D eigenvalue weighted by Crippen LogP contribution is -2.48. The number of methoxy groups -OCH3 is 1. The fourth-order valence-corrected chi connectivity index (χ4v) is 4.38. The van der Waals surface area contributed by atoms with Crippen molar-refractivity contribution < 1.29 is 18.8 Å². The first-order valence-electron chi connectivity index (χ1n) is 11.9. The molecule has 0 atom stereocenters. The maximum Gasteiger partial charge on any atom is 0.254 e. The number of aryl methyl sites for hydroxylation is 2. The van der Waals surface area contributed by atoms with Crippen molar-refractivity contribution in [3.8, 4) is 22.9 Å². The summed E-state index contributed by atoms with van der Waals surface area (Å²) < 4.78 is 16.4. The van der Waals surface area contributed by atoms with E-state index in [-0.39, 0.29) is 5.91 Å². The van der Waals surface area contributed by atoms with Crippen LogP contribution >= 0.6 is 11.6 Å². The summed E-state index contributed by atoms with van der Waals surface area (Å²) in [5.74, 6) is 2.15. The number of amides is 1. The van der Waals surface area contributed by atoms with E-state index in [0.29, 0.717) is 53.5 Å². The highest BCUT2D eigenvalue weighted by Gasteiger charge is 2.24. The first-order chi connectivity index (χ1) is 17.0. The molecule has 4 rings (SSSR count). The summed E-state index contributed by atoms with van der Waals surface area (Å²) in [6.07, 6.45) is 1.64. The van der Waals surface area contributed by atoms with Gasteiger partial charge in [-0.3, -0.25) is 9.69 Å². The van der Waals surface area contributed by atoms with Crippen LogP contribution in [0.4, 0.5) is 0 Å². The molecule has 1 saturated heterocycles. The van der Waals surface area contributed by atoms with E-state index in [0.717, 1.165) is 38.0 Å². The van der Waals surface area contributed by atoms with E-state index in [1.807, 2.05) is 43.0 Å². The van der Waals surface area contributed by atoms with E-state index in [2.05, 4.69) is 15.0 Å². The van der Waals surface area contributed by atoms with Gasteiger partial charge in [-0.15, -0.1) is 0 Å². The molecule has 35 heavy (non-hydrogen) atoms. The molecule has 0 N–H and O–H groups in total. The first-order valence-corrected chi connectivity index (χ1v) is 12.3. The number of benzene rings is 2. The third-order valence-electron chi connectivity index (χ3n) is 6.07. The van der Waals surface area contributed by atoms with Crippen molar-refractivity contribution in [2.24, 2.45) is 0 Å². The molecule has 0 spiro atoms. The Morgan fingerprint density at radius 3 is 2.57 bits per heavy atom. The predicted molar refractivity (Wildman–Crippen MR) is 134 cm³/mol. The smallest absolute Gasteiger partial charge is 0.254 e. The minimum atomic E-state index is -0.0533. The molecule has 186 valence electrons. The average Bonchev–Trinajstić information content (AvgIpc) is 3.34. The molecule has 0 aliphatic carbocycles. The first kappa shape index (κ1) is 25.0. The van der Waals surface area contributed by atoms with Crippen molar-refractivity contribution in [2.45, 2.75) is 26.7 Å². The van der Waals surface area contributed by atoms with E-state index in [4.69, 9.17) is 25.6 Å². The Morgan fingerprint density at radius 1 is 1.14 bits per heavy atom. The second-order valence-electron chi connectivity index (χ2n) is 8.54. The maximum atomic E-state index is 13.1. The molecule has 1 amide bonds. The number of piperazine rings is 1. The Labute approximate surface area is 210 Å². The van der Waals surface area contributed by atoms with E-state index >= 15 is 0 Å². The lowest BCUT2D eigenvalue weighted by molar-refractivity contribution is 0.0635. The van der Waals surface area contributed by atoms with Crippen LogP contribution in [0.3, 0.4) is 0 Å². The van der Waals surface area contributed by atoms with Gasteiger partial charge in [-0.05, 0) is 38.9 Å². The monoisotopic (exact) mass is 498 g/mol. The summed E-state index contributed by atoms with van der Waals surface area (Å²) in [6.45, 7) is 8.23. The Bertz CT molecular complexity index is 1140. The third-order valence-corrected chi connectivity index (χ3v) is 6.35. The quantitative estimate of drug-likeness (QED) is 0.429. The number of hydrogen-bond acceptors (Lipinski definition) is 7. The van der Waals surface area contributed by atoms with Crippen LogP contribution in [0, 0.1) is 6.92 Å². The van der Waals surface area contributed by atoms with Gasteiger partial charge < -0.3 is 18.9 Å². The second-order valence-corrected chi connectivity index (χ2v) is 8.94. The zero-order valence-electron chi connectivity index (χ0n) is 20.4. The maximum absolute atomic E-state index is 13.1. The van der Waals surface area contributed by atoms with Crippen LogP contribution in [0.1, 0.15) is 35.2 Å². The van der Waals surface area contributed by atoms with Gasteiger partial charge >= 0.3 is 0 Å². The van der Waals surface area contributed by atoms with Crippen molar-refractivity contribution in [1.29, 1.82) is 0 Å². The molecule has 2 heterocycles. The fraction of sp³-hybridized carbons (Fsp3) is 0.423. The van der Waals surface area contributed by atoms with Crippen molar-refractivity contribution in [2.75, 3.05) is 46.4 Å². The lowest BCUT2D eigenvalue weighted by Gasteiger charge is -2.34. The van der Waals surface area contributed by atoms with Gasteiger partial charge in [0, 0.05) is 43.7 Å². The molecule has 3 aromatic rings. The van der Waals surface area contributed by atoms with Crippen molar-refractivity contribution in [3.05, 3.63) is 58.4 Å². The van der Waals surface area contributed by atoms with Gasteiger partial charge in [0.2, 0.25) is 11.7 Å². The molecular weight excluding hydrogens is 468 g/mol. The van der Waals surface area contributed by atoms with E-state index in [1.165, 1.54) is 5.56 Å². The number of carbonyl (C=O) groups excluding carboxylic acids is 1. The summed E-state index contributed by atoms with van der Waals surface area (Å²) in [5, 5.41) is 4.48. The van der Waals surface area contributed by atoms with Gasteiger partial charge in [0.1, 0.15) is 0 Å². The Hall–Kier alpha value is -3.10. The fourth-order valence-electron chi connectivity index (χ4n) is 4.12. The zero-order valence-corrected chi connectivity index (χ0v) is 21.2. The molecule has 0 bridgehead atoms. The molecule has 1 aromatic heterocycles. The van der Waals surface area contributed by atoms with Crippen LogP contribution in [-0.4, -0.2) is 72.3 Å². The van der Waals surface area contributed by atoms with Gasteiger partial charge in [-0.25, -0.2) is 0 Å². The van der Waals surface area contributed by atoms with Crippen LogP contribution in [0.15, 0.2) is 40.9 Å². The van der Waals surface area contributed by atoms with Crippen LogP contribution in [0.25, 0.3) is 11.4 Å². The highest BCUT2D eigenvalue weighted by Crippen LogP contribution is 2.36. The predicted octanol–water partition coefficient (Wildman–Crippen LogP) is 4.50. The number of ether oxygens (including phenoxy) is 2. The SMILES string of the molecule is CCOc1c(Cl)cc(C(=O)N2CCN(CCCc3nc(-c4ccc(C)cc4)no3)CC2)cc1OC. The normalized spacial score (nSPS) is 14.2. The largest absolute Gasteiger partial charge is 0.493 e. The minimum Gasteiger partial charge on any atom is -0.493 e. The number of carbonyl (C=O) groups is 1. The molecule has 1 aliphatic heterocycles. The number of nitrogens with zero attached hydrogens (tertiary/aromatic N) is 4. The number of aromatic nitrogens is 2. The summed E-state index contributed by atoms with van der Waals surface area (Å²) in [6, 6.07) is 11.4. The van der Waals surface area contributed by atoms with E-state index < -0.39 is 0 Å². The summed E-state index contributed by atoms with van der Waals surface area (Å²) in [5.41, 5.74) is 2.66. The van der Waals surface area contributed by atoms with Crippen molar-refractivity contribution in [3.63, 3.8) is 0 Å². The Morgan fingerprint density at radius 2 is 1.89 bits per heavy atom. The molecule has 8 nitrogen and oxygen atoms in total. The highest BCUT2D eigenvalue weighted by molar-refractivity contribution is 6.32.